The number of rotatable bonds is 8. The van der Waals surface area contributed by atoms with E-state index in [0.717, 1.165) is 23.8 Å². The Bertz CT molecular complexity index is 953. The molecule has 0 aliphatic carbocycles. The van der Waals surface area contributed by atoms with Crippen molar-refractivity contribution in [3.05, 3.63) is 59.5 Å². The molecule has 0 saturated carbocycles. The highest BCUT2D eigenvalue weighted by atomic mass is 32.2. The van der Waals surface area contributed by atoms with E-state index in [2.05, 4.69) is 9.71 Å². The van der Waals surface area contributed by atoms with E-state index in [1.54, 1.807) is 36.0 Å². The van der Waals surface area contributed by atoms with Gasteiger partial charge in [0.25, 0.3) is 0 Å². The summed E-state index contributed by atoms with van der Waals surface area (Å²) in [5.74, 6) is 3.42. The van der Waals surface area contributed by atoms with Crippen LogP contribution >= 0.6 is 11.8 Å². The molecular formula is C19H24N4O3S2. The standard InChI is InChI=1S/C19H24N4O3S2/c1-23(2)12-15-8-9-16(26-15)13-27-11-10-21-19-17(20)18(28(24,25)22-19)14-6-4-3-5-7-14/h3-9,18,20H,10-13H2,1-2H3,(H,21,22). The van der Waals surface area contributed by atoms with E-state index >= 15 is 0 Å². The van der Waals surface area contributed by atoms with Crippen molar-refractivity contribution in [2.75, 3.05) is 26.4 Å². The van der Waals surface area contributed by atoms with E-state index < -0.39 is 15.3 Å². The average molecular weight is 421 g/mol. The maximum Gasteiger partial charge on any atom is 0.246 e. The van der Waals surface area contributed by atoms with Gasteiger partial charge in [-0.25, -0.2) is 8.42 Å². The Morgan fingerprint density at radius 1 is 1.18 bits per heavy atom. The molecule has 1 atom stereocenters. The monoisotopic (exact) mass is 420 g/mol. The van der Waals surface area contributed by atoms with Crippen LogP contribution in [0.4, 0.5) is 0 Å². The largest absolute Gasteiger partial charge is 0.464 e. The summed E-state index contributed by atoms with van der Waals surface area (Å²) < 4.78 is 32.9. The number of aliphatic imine (C=N–C) groups is 1. The van der Waals surface area contributed by atoms with Gasteiger partial charge in [-0.2, -0.15) is 11.8 Å². The SMILES string of the molecule is CN(C)Cc1ccc(CSCCN=C2NS(=O)(=O)C(c3ccccc3)C2=N)o1. The summed E-state index contributed by atoms with van der Waals surface area (Å²) in [6, 6.07) is 12.7. The summed E-state index contributed by atoms with van der Waals surface area (Å²) in [6.07, 6.45) is 0. The van der Waals surface area contributed by atoms with Gasteiger partial charge in [0.1, 0.15) is 11.5 Å². The first kappa shape index (κ1) is 20.6. The van der Waals surface area contributed by atoms with Crippen molar-refractivity contribution in [2.24, 2.45) is 4.99 Å². The molecule has 1 aliphatic rings. The predicted molar refractivity (Wildman–Crippen MR) is 114 cm³/mol. The zero-order chi connectivity index (χ0) is 20.1. The molecule has 1 aromatic carbocycles. The fourth-order valence-electron chi connectivity index (χ4n) is 2.91. The van der Waals surface area contributed by atoms with Crippen LogP contribution in [-0.2, 0) is 22.3 Å². The van der Waals surface area contributed by atoms with Gasteiger partial charge in [0.15, 0.2) is 11.1 Å². The van der Waals surface area contributed by atoms with Crippen molar-refractivity contribution in [1.29, 1.82) is 5.41 Å². The van der Waals surface area contributed by atoms with Crippen LogP contribution in [0.5, 0.6) is 0 Å². The molecule has 2 N–H and O–H groups in total. The number of thioether (sulfide) groups is 1. The summed E-state index contributed by atoms with van der Waals surface area (Å²) in [4.78, 5) is 6.34. The van der Waals surface area contributed by atoms with Gasteiger partial charge in [0.05, 0.1) is 24.6 Å². The average Bonchev–Trinajstić information content (AvgIpc) is 3.16. The maximum absolute atomic E-state index is 12.4. The highest BCUT2D eigenvalue weighted by Crippen LogP contribution is 2.27. The van der Waals surface area contributed by atoms with Gasteiger partial charge in [0, 0.05) is 5.75 Å². The van der Waals surface area contributed by atoms with E-state index in [9.17, 15) is 8.42 Å². The van der Waals surface area contributed by atoms with Crippen LogP contribution in [0.3, 0.4) is 0 Å². The molecule has 1 aliphatic heterocycles. The predicted octanol–water partition coefficient (Wildman–Crippen LogP) is 2.67. The molecule has 0 radical (unpaired) electrons. The fourth-order valence-corrected chi connectivity index (χ4v) is 5.13. The molecule has 0 amide bonds. The first-order valence-electron chi connectivity index (χ1n) is 8.87. The normalized spacial score (nSPS) is 20.0. The van der Waals surface area contributed by atoms with Gasteiger partial charge in [-0.05, 0) is 31.8 Å². The third-order valence-electron chi connectivity index (χ3n) is 4.11. The molecule has 1 aromatic heterocycles. The van der Waals surface area contributed by atoms with Crippen LogP contribution in [0.25, 0.3) is 0 Å². The van der Waals surface area contributed by atoms with Crippen LogP contribution in [-0.4, -0.2) is 51.3 Å². The molecule has 0 spiro atoms. The lowest BCUT2D eigenvalue weighted by molar-refractivity contribution is 0.344. The summed E-state index contributed by atoms with van der Waals surface area (Å²) in [7, 11) is 0.324. The Hall–Kier alpha value is -2.10. The van der Waals surface area contributed by atoms with Crippen LogP contribution in [0.1, 0.15) is 22.3 Å². The van der Waals surface area contributed by atoms with Crippen molar-refractivity contribution in [3.8, 4) is 0 Å². The fraction of sp³-hybridized carbons (Fsp3) is 0.368. The molecule has 1 unspecified atom stereocenters. The van der Waals surface area contributed by atoms with Crippen molar-refractivity contribution in [3.63, 3.8) is 0 Å². The molecule has 9 heteroatoms. The van der Waals surface area contributed by atoms with Gasteiger partial charge in [-0.3, -0.25) is 15.1 Å². The van der Waals surface area contributed by atoms with Crippen LogP contribution in [0.15, 0.2) is 51.9 Å². The van der Waals surface area contributed by atoms with Gasteiger partial charge in [-0.1, -0.05) is 30.3 Å². The first-order valence-corrected chi connectivity index (χ1v) is 11.6. The minimum atomic E-state index is -3.66. The Kier molecular flexibility index (Phi) is 6.58. The highest BCUT2D eigenvalue weighted by Gasteiger charge is 2.41. The Morgan fingerprint density at radius 3 is 2.61 bits per heavy atom. The van der Waals surface area contributed by atoms with E-state index in [1.165, 1.54) is 0 Å². The maximum atomic E-state index is 12.4. The van der Waals surface area contributed by atoms with Crippen LogP contribution < -0.4 is 4.72 Å². The van der Waals surface area contributed by atoms with Crippen molar-refractivity contribution < 1.29 is 12.8 Å². The lowest BCUT2D eigenvalue weighted by Gasteiger charge is -2.07. The smallest absolute Gasteiger partial charge is 0.246 e. The second-order valence-electron chi connectivity index (χ2n) is 6.74. The number of benzene rings is 1. The minimum absolute atomic E-state index is 0.00411. The summed E-state index contributed by atoms with van der Waals surface area (Å²) in [5.41, 5.74) is 0.571. The molecule has 1 fully saturated rings. The molecule has 2 aromatic rings. The summed E-state index contributed by atoms with van der Waals surface area (Å²) >= 11 is 1.66. The molecule has 2 heterocycles. The van der Waals surface area contributed by atoms with Gasteiger partial charge in [0.2, 0.25) is 10.0 Å². The van der Waals surface area contributed by atoms with Gasteiger partial charge >= 0.3 is 0 Å². The van der Waals surface area contributed by atoms with Crippen molar-refractivity contribution >= 4 is 33.3 Å². The Labute approximate surface area is 169 Å². The molecule has 7 nitrogen and oxygen atoms in total. The topological polar surface area (TPSA) is 98.8 Å². The van der Waals surface area contributed by atoms with Crippen LogP contribution in [0, 0.1) is 5.41 Å². The number of sulfonamides is 1. The second kappa shape index (κ2) is 8.93. The third-order valence-corrected chi connectivity index (χ3v) is 6.67. The van der Waals surface area contributed by atoms with E-state index in [1.807, 2.05) is 37.2 Å². The summed E-state index contributed by atoms with van der Waals surface area (Å²) in [6.45, 7) is 1.20. The molecular weight excluding hydrogens is 396 g/mol. The van der Waals surface area contributed by atoms with E-state index in [-0.39, 0.29) is 11.5 Å². The number of furan rings is 1. The first-order chi connectivity index (χ1) is 13.4. The molecule has 3 rings (SSSR count). The Morgan fingerprint density at radius 2 is 1.89 bits per heavy atom. The third kappa shape index (κ3) is 5.03. The Balaban J connectivity index is 1.52. The molecule has 0 bridgehead atoms. The number of hydrogen-bond acceptors (Lipinski definition) is 7. The van der Waals surface area contributed by atoms with E-state index in [4.69, 9.17) is 9.83 Å². The number of nitrogens with zero attached hydrogens (tertiary/aromatic N) is 2. The second-order valence-corrected chi connectivity index (χ2v) is 9.61. The van der Waals surface area contributed by atoms with Crippen molar-refractivity contribution in [2.45, 2.75) is 17.5 Å². The van der Waals surface area contributed by atoms with Gasteiger partial charge in [-0.15, -0.1) is 0 Å². The lowest BCUT2D eigenvalue weighted by atomic mass is 10.1. The summed E-state index contributed by atoms with van der Waals surface area (Å²) in [5, 5.41) is 7.23. The van der Waals surface area contributed by atoms with Crippen LogP contribution in [0.2, 0.25) is 0 Å². The number of hydrogen-bond donors (Lipinski definition) is 2. The number of amidine groups is 1. The quantitative estimate of drug-likeness (QED) is 0.640. The van der Waals surface area contributed by atoms with Gasteiger partial charge < -0.3 is 9.32 Å². The zero-order valence-electron chi connectivity index (χ0n) is 15.9. The zero-order valence-corrected chi connectivity index (χ0v) is 17.5. The molecule has 1 saturated heterocycles. The van der Waals surface area contributed by atoms with Crippen molar-refractivity contribution in [1.82, 2.24) is 9.62 Å². The lowest BCUT2D eigenvalue weighted by Crippen LogP contribution is -2.23. The number of nitrogens with one attached hydrogen (secondary N) is 2. The molecule has 150 valence electrons. The molecule has 28 heavy (non-hydrogen) atoms. The van der Waals surface area contributed by atoms with E-state index in [0.29, 0.717) is 17.9 Å². The minimum Gasteiger partial charge on any atom is -0.464 e. The highest BCUT2D eigenvalue weighted by molar-refractivity contribution is 7.98.